The zero-order valence-electron chi connectivity index (χ0n) is 15.8. The lowest BCUT2D eigenvalue weighted by Crippen LogP contribution is -2.37. The summed E-state index contributed by atoms with van der Waals surface area (Å²) in [7, 11) is 0.129. The standard InChI is InChI=1S/C17H25BN2O5.CH5N/c21-16(10-19-9-13-5-2-1-3-6-13)20-11-14(7-4-8-18(24)25)15(12-20)17(22)23;1-2/h1-3,5-6,14-15,19,24-25H,4,7-12H2,(H,22,23);2H2,1H3. The number of hydrogen-bond acceptors (Lipinski definition) is 6. The zero-order valence-corrected chi connectivity index (χ0v) is 15.8. The molecule has 2 atom stereocenters. The average Bonchev–Trinajstić information content (AvgIpc) is 3.08. The summed E-state index contributed by atoms with van der Waals surface area (Å²) in [5.74, 6) is -1.74. The van der Waals surface area contributed by atoms with Crippen molar-refractivity contribution in [1.82, 2.24) is 10.2 Å². The van der Waals surface area contributed by atoms with E-state index in [4.69, 9.17) is 10.0 Å². The van der Waals surface area contributed by atoms with Gasteiger partial charge >= 0.3 is 13.1 Å². The maximum absolute atomic E-state index is 12.3. The lowest BCUT2D eigenvalue weighted by molar-refractivity contribution is -0.142. The number of rotatable bonds is 9. The first-order chi connectivity index (χ1) is 13.0. The Morgan fingerprint density at radius 3 is 2.48 bits per heavy atom. The van der Waals surface area contributed by atoms with E-state index < -0.39 is 19.0 Å². The van der Waals surface area contributed by atoms with Gasteiger partial charge in [0.05, 0.1) is 12.5 Å². The summed E-state index contributed by atoms with van der Waals surface area (Å²) in [6, 6.07) is 9.75. The number of benzene rings is 1. The van der Waals surface area contributed by atoms with Crippen LogP contribution in [-0.4, -0.2) is 65.7 Å². The highest BCUT2D eigenvalue weighted by atomic mass is 16.4. The Labute approximate surface area is 160 Å². The van der Waals surface area contributed by atoms with Crippen LogP contribution in [0.1, 0.15) is 18.4 Å². The minimum absolute atomic E-state index is 0.105. The first-order valence-corrected chi connectivity index (χ1v) is 9.16. The maximum atomic E-state index is 12.3. The van der Waals surface area contributed by atoms with E-state index in [1.54, 1.807) is 4.90 Å². The number of carboxylic acids is 1. The molecule has 1 aliphatic rings. The molecule has 0 bridgehead atoms. The predicted octanol–water partition coefficient (Wildman–Crippen LogP) is -0.237. The Balaban J connectivity index is 0.00000176. The fourth-order valence-corrected chi connectivity index (χ4v) is 3.23. The Bertz CT molecular complexity index is 573. The van der Waals surface area contributed by atoms with E-state index in [1.165, 1.54) is 7.05 Å². The summed E-state index contributed by atoms with van der Waals surface area (Å²) in [4.78, 5) is 25.3. The molecule has 8 nitrogen and oxygen atoms in total. The van der Waals surface area contributed by atoms with Crippen molar-refractivity contribution in [2.75, 3.05) is 26.7 Å². The number of carbonyl (C=O) groups is 2. The van der Waals surface area contributed by atoms with E-state index in [9.17, 15) is 14.7 Å². The molecule has 0 aromatic heterocycles. The second-order valence-electron chi connectivity index (χ2n) is 6.50. The second kappa shape index (κ2) is 12.5. The second-order valence-corrected chi connectivity index (χ2v) is 6.50. The van der Waals surface area contributed by atoms with Crippen LogP contribution >= 0.6 is 0 Å². The Morgan fingerprint density at radius 2 is 1.89 bits per heavy atom. The van der Waals surface area contributed by atoms with E-state index >= 15 is 0 Å². The molecule has 1 aromatic carbocycles. The van der Waals surface area contributed by atoms with E-state index in [2.05, 4.69) is 11.1 Å². The molecule has 0 spiro atoms. The van der Waals surface area contributed by atoms with Crippen LogP contribution in [0.15, 0.2) is 30.3 Å². The number of hydrogen-bond donors (Lipinski definition) is 5. The van der Waals surface area contributed by atoms with Crippen molar-refractivity contribution in [3.05, 3.63) is 35.9 Å². The van der Waals surface area contributed by atoms with Gasteiger partial charge in [-0.2, -0.15) is 0 Å². The minimum Gasteiger partial charge on any atom is -0.481 e. The third-order valence-corrected chi connectivity index (χ3v) is 4.60. The summed E-state index contributed by atoms with van der Waals surface area (Å²) < 4.78 is 0. The minimum atomic E-state index is -1.37. The van der Waals surface area contributed by atoms with Crippen LogP contribution in [0.25, 0.3) is 0 Å². The molecule has 1 heterocycles. The summed E-state index contributed by atoms with van der Waals surface area (Å²) in [6.45, 7) is 1.38. The molecule has 1 aromatic rings. The van der Waals surface area contributed by atoms with Crippen LogP contribution in [0, 0.1) is 11.8 Å². The fourth-order valence-electron chi connectivity index (χ4n) is 3.23. The molecule has 150 valence electrons. The number of nitrogens with one attached hydrogen (secondary N) is 1. The first-order valence-electron chi connectivity index (χ1n) is 9.16. The van der Waals surface area contributed by atoms with Gasteiger partial charge in [-0.05, 0) is 31.3 Å². The van der Waals surface area contributed by atoms with Gasteiger partial charge in [-0.3, -0.25) is 9.59 Å². The van der Waals surface area contributed by atoms with Crippen LogP contribution in [0.5, 0.6) is 0 Å². The van der Waals surface area contributed by atoms with Gasteiger partial charge in [0.1, 0.15) is 0 Å². The van der Waals surface area contributed by atoms with Crippen LogP contribution in [-0.2, 0) is 16.1 Å². The number of aliphatic carboxylic acids is 1. The lowest BCUT2D eigenvalue weighted by Gasteiger charge is -2.17. The van der Waals surface area contributed by atoms with Crippen LogP contribution in [0.3, 0.4) is 0 Å². The number of carbonyl (C=O) groups excluding carboxylic acids is 1. The molecule has 1 amide bonds. The Kier molecular flexibility index (Phi) is 10.7. The summed E-state index contributed by atoms with van der Waals surface area (Å²) in [5, 5.41) is 30.3. The topological polar surface area (TPSA) is 136 Å². The number of amides is 1. The molecule has 2 rings (SSSR count). The summed E-state index contributed by atoms with van der Waals surface area (Å²) >= 11 is 0. The molecular weight excluding hydrogens is 349 g/mol. The summed E-state index contributed by atoms with van der Waals surface area (Å²) in [6.07, 6.45) is 1.31. The third kappa shape index (κ3) is 8.09. The molecule has 1 aliphatic heterocycles. The number of carboxylic acid groups (broad SMARTS) is 1. The quantitative estimate of drug-likeness (QED) is 0.374. The molecule has 1 fully saturated rings. The van der Waals surface area contributed by atoms with Crippen molar-refractivity contribution in [1.29, 1.82) is 0 Å². The van der Waals surface area contributed by atoms with Crippen molar-refractivity contribution in [2.24, 2.45) is 17.6 Å². The molecule has 9 heteroatoms. The average molecular weight is 379 g/mol. The van der Waals surface area contributed by atoms with Gasteiger partial charge in [0, 0.05) is 19.6 Å². The van der Waals surface area contributed by atoms with Crippen molar-refractivity contribution >= 4 is 19.0 Å². The molecular formula is C18H30BN3O5. The third-order valence-electron chi connectivity index (χ3n) is 4.60. The monoisotopic (exact) mass is 379 g/mol. The summed E-state index contributed by atoms with van der Waals surface area (Å²) in [5.41, 5.74) is 5.58. The highest BCUT2D eigenvalue weighted by molar-refractivity contribution is 6.40. The normalized spacial score (nSPS) is 18.6. The van der Waals surface area contributed by atoms with Crippen molar-refractivity contribution in [2.45, 2.75) is 25.7 Å². The first kappa shape index (κ1) is 23.1. The Hall–Kier alpha value is -1.94. The SMILES string of the molecule is CN.O=C(O)C1CN(C(=O)CNCc2ccccc2)CC1CCCB(O)O. The highest BCUT2D eigenvalue weighted by Gasteiger charge is 2.39. The molecule has 1 saturated heterocycles. The van der Waals surface area contributed by atoms with Gasteiger partial charge in [-0.1, -0.05) is 36.8 Å². The van der Waals surface area contributed by atoms with Crippen molar-refractivity contribution < 1.29 is 24.7 Å². The van der Waals surface area contributed by atoms with E-state index in [1.807, 2.05) is 30.3 Å². The van der Waals surface area contributed by atoms with E-state index in [0.717, 1.165) is 5.56 Å². The van der Waals surface area contributed by atoms with Crippen LogP contribution in [0.4, 0.5) is 0 Å². The highest BCUT2D eigenvalue weighted by Crippen LogP contribution is 2.28. The van der Waals surface area contributed by atoms with E-state index in [-0.39, 0.29) is 31.2 Å². The van der Waals surface area contributed by atoms with Crippen LogP contribution in [0.2, 0.25) is 6.32 Å². The van der Waals surface area contributed by atoms with Gasteiger partial charge in [0.2, 0.25) is 5.91 Å². The predicted molar refractivity (Wildman–Crippen MR) is 104 cm³/mol. The number of nitrogens with zero attached hydrogens (tertiary/aromatic N) is 1. The van der Waals surface area contributed by atoms with Crippen molar-refractivity contribution in [3.8, 4) is 0 Å². The van der Waals surface area contributed by atoms with Crippen molar-refractivity contribution in [3.63, 3.8) is 0 Å². The molecule has 2 unspecified atom stereocenters. The number of likely N-dealkylation sites (tertiary alicyclic amines) is 1. The van der Waals surface area contributed by atoms with Gasteiger partial charge in [-0.25, -0.2) is 0 Å². The fraction of sp³-hybridized carbons (Fsp3) is 0.556. The molecule has 0 aliphatic carbocycles. The molecule has 0 radical (unpaired) electrons. The van der Waals surface area contributed by atoms with Gasteiger partial charge in [0.15, 0.2) is 0 Å². The Morgan fingerprint density at radius 1 is 1.22 bits per heavy atom. The van der Waals surface area contributed by atoms with E-state index in [0.29, 0.717) is 25.9 Å². The maximum Gasteiger partial charge on any atom is 0.451 e. The van der Waals surface area contributed by atoms with Gasteiger partial charge < -0.3 is 31.1 Å². The van der Waals surface area contributed by atoms with Gasteiger partial charge in [-0.15, -0.1) is 0 Å². The smallest absolute Gasteiger partial charge is 0.451 e. The van der Waals surface area contributed by atoms with Gasteiger partial charge in [0.25, 0.3) is 0 Å². The largest absolute Gasteiger partial charge is 0.481 e. The van der Waals surface area contributed by atoms with Crippen LogP contribution < -0.4 is 11.1 Å². The lowest BCUT2D eigenvalue weighted by atomic mass is 9.80. The molecule has 0 saturated carbocycles. The molecule has 6 N–H and O–H groups in total. The molecule has 27 heavy (non-hydrogen) atoms. The number of nitrogens with two attached hydrogens (primary N) is 1. The zero-order chi connectivity index (χ0) is 20.2.